The van der Waals surface area contributed by atoms with Crippen LogP contribution in [0.1, 0.15) is 57.1 Å². The average Bonchev–Trinajstić information content (AvgIpc) is 3.08. The third-order valence-corrected chi connectivity index (χ3v) is 4.91. The second-order valence-corrected chi connectivity index (χ2v) is 6.55. The number of benzene rings is 1. The number of rotatable bonds is 4. The minimum atomic E-state index is 0.203. The van der Waals surface area contributed by atoms with Gasteiger partial charge in [0.05, 0.1) is 0 Å². The first-order valence-electron chi connectivity index (χ1n) is 7.80. The van der Waals surface area contributed by atoms with E-state index in [4.69, 9.17) is 0 Å². The maximum atomic E-state index is 2.54. The van der Waals surface area contributed by atoms with Gasteiger partial charge in [-0.15, -0.1) is 0 Å². The van der Waals surface area contributed by atoms with E-state index in [9.17, 15) is 0 Å². The van der Waals surface area contributed by atoms with E-state index < -0.39 is 0 Å². The molecule has 0 amide bonds. The Bertz CT molecular complexity index is 596. The molecule has 0 N–H and O–H groups in total. The zero-order valence-electron chi connectivity index (χ0n) is 12.8. The van der Waals surface area contributed by atoms with Crippen molar-refractivity contribution in [3.63, 3.8) is 0 Å². The van der Waals surface area contributed by atoms with Crippen LogP contribution in [-0.4, -0.2) is 0 Å². The molecule has 0 nitrogen and oxygen atoms in total. The minimum absolute atomic E-state index is 0.203. The topological polar surface area (TPSA) is 0 Å². The van der Waals surface area contributed by atoms with Crippen molar-refractivity contribution in [3.05, 3.63) is 65.3 Å². The highest BCUT2D eigenvalue weighted by Crippen LogP contribution is 2.51. The van der Waals surface area contributed by atoms with Crippen LogP contribution in [0.4, 0.5) is 0 Å². The van der Waals surface area contributed by atoms with E-state index in [-0.39, 0.29) is 5.41 Å². The Kier molecular flexibility index (Phi) is 3.41. The summed E-state index contributed by atoms with van der Waals surface area (Å²) in [5, 5.41) is 0. The number of fused-ring (bicyclic) bond motifs is 1. The molecule has 0 heteroatoms. The molecule has 0 aliphatic heterocycles. The predicted octanol–water partition coefficient (Wildman–Crippen LogP) is 5.88. The Morgan fingerprint density at radius 3 is 2.70 bits per heavy atom. The number of hydrogen-bond acceptors (Lipinski definition) is 0. The molecule has 0 saturated heterocycles. The molecule has 0 aromatic heterocycles. The van der Waals surface area contributed by atoms with Crippen molar-refractivity contribution in [2.75, 3.05) is 0 Å². The Morgan fingerprint density at radius 1 is 1.20 bits per heavy atom. The highest BCUT2D eigenvalue weighted by molar-refractivity contribution is 5.75. The molecule has 1 aromatic carbocycles. The molecule has 2 aliphatic carbocycles. The van der Waals surface area contributed by atoms with Crippen LogP contribution in [0.15, 0.2) is 54.1 Å². The van der Waals surface area contributed by atoms with E-state index in [0.29, 0.717) is 5.92 Å². The SMILES string of the molecule is CCCC1=CC(C(C)(C)C2=CC=CC2)c2ccccc21. The molecule has 0 fully saturated rings. The van der Waals surface area contributed by atoms with Crippen molar-refractivity contribution in [2.45, 2.75) is 46.0 Å². The highest BCUT2D eigenvalue weighted by Gasteiger charge is 2.37. The summed E-state index contributed by atoms with van der Waals surface area (Å²) in [6.07, 6.45) is 12.9. The van der Waals surface area contributed by atoms with E-state index >= 15 is 0 Å². The quantitative estimate of drug-likeness (QED) is 0.637. The lowest BCUT2D eigenvalue weighted by atomic mass is 9.70. The van der Waals surface area contributed by atoms with Crippen LogP contribution in [0.3, 0.4) is 0 Å². The van der Waals surface area contributed by atoms with Crippen LogP contribution in [0, 0.1) is 5.41 Å². The van der Waals surface area contributed by atoms with Crippen LogP contribution < -0.4 is 0 Å². The van der Waals surface area contributed by atoms with Crippen LogP contribution >= 0.6 is 0 Å². The van der Waals surface area contributed by atoms with E-state index in [1.807, 2.05) is 0 Å². The first kappa shape index (κ1) is 13.4. The van der Waals surface area contributed by atoms with Gasteiger partial charge in [0.15, 0.2) is 0 Å². The molecule has 20 heavy (non-hydrogen) atoms. The molecule has 0 spiro atoms. The lowest BCUT2D eigenvalue weighted by molar-refractivity contribution is 0.395. The van der Waals surface area contributed by atoms with Gasteiger partial charge >= 0.3 is 0 Å². The summed E-state index contributed by atoms with van der Waals surface area (Å²) in [6, 6.07) is 8.98. The van der Waals surface area contributed by atoms with Crippen molar-refractivity contribution in [1.29, 1.82) is 0 Å². The standard InChI is InChI=1S/C20H24/c1-4-9-15-14-19(18-13-8-7-12-17(15)18)20(2,3)16-10-5-6-11-16/h5-8,10,12-14,19H,4,9,11H2,1-3H3. The fourth-order valence-corrected chi connectivity index (χ4v) is 3.65. The smallest absolute Gasteiger partial charge is 0.0119 e. The van der Waals surface area contributed by atoms with Gasteiger partial charge in [-0.05, 0) is 35.0 Å². The molecule has 3 rings (SSSR count). The summed E-state index contributed by atoms with van der Waals surface area (Å²) in [6.45, 7) is 7.07. The summed E-state index contributed by atoms with van der Waals surface area (Å²) >= 11 is 0. The normalized spacial score (nSPS) is 20.9. The fraction of sp³-hybridized carbons (Fsp3) is 0.400. The van der Waals surface area contributed by atoms with Gasteiger partial charge in [0.1, 0.15) is 0 Å². The van der Waals surface area contributed by atoms with Crippen LogP contribution in [0.25, 0.3) is 5.57 Å². The Morgan fingerprint density at radius 2 is 2.00 bits per heavy atom. The molecule has 0 saturated carbocycles. The molecule has 1 aromatic rings. The minimum Gasteiger partial charge on any atom is -0.0804 e. The van der Waals surface area contributed by atoms with Gasteiger partial charge in [-0.3, -0.25) is 0 Å². The molecular formula is C20H24. The van der Waals surface area contributed by atoms with Crippen molar-refractivity contribution in [2.24, 2.45) is 5.41 Å². The van der Waals surface area contributed by atoms with Crippen LogP contribution in [0.5, 0.6) is 0 Å². The van der Waals surface area contributed by atoms with Crippen molar-refractivity contribution >= 4 is 5.57 Å². The van der Waals surface area contributed by atoms with E-state index in [0.717, 1.165) is 6.42 Å². The van der Waals surface area contributed by atoms with Gasteiger partial charge in [-0.25, -0.2) is 0 Å². The maximum absolute atomic E-state index is 2.54. The van der Waals surface area contributed by atoms with Crippen LogP contribution in [-0.2, 0) is 0 Å². The lowest BCUT2D eigenvalue weighted by Crippen LogP contribution is -2.22. The molecule has 1 unspecified atom stereocenters. The summed E-state index contributed by atoms with van der Waals surface area (Å²) in [5.74, 6) is 0.520. The average molecular weight is 264 g/mol. The van der Waals surface area contributed by atoms with E-state index in [2.05, 4.69) is 69.3 Å². The first-order valence-corrected chi connectivity index (χ1v) is 7.80. The monoisotopic (exact) mass is 264 g/mol. The molecule has 2 aliphatic rings. The lowest BCUT2D eigenvalue weighted by Gasteiger charge is -2.33. The third kappa shape index (κ3) is 2.08. The molecular weight excluding hydrogens is 240 g/mol. The zero-order valence-corrected chi connectivity index (χ0v) is 12.8. The zero-order chi connectivity index (χ0) is 14.2. The van der Waals surface area contributed by atoms with Gasteiger partial charge in [-0.2, -0.15) is 0 Å². The fourth-order valence-electron chi connectivity index (χ4n) is 3.65. The van der Waals surface area contributed by atoms with Crippen molar-refractivity contribution in [3.8, 4) is 0 Å². The summed E-state index contributed by atoms with van der Waals surface area (Å²) in [7, 11) is 0. The summed E-state index contributed by atoms with van der Waals surface area (Å²) in [5.41, 5.74) is 6.32. The molecule has 0 heterocycles. The van der Waals surface area contributed by atoms with E-state index in [1.54, 1.807) is 11.1 Å². The second-order valence-electron chi connectivity index (χ2n) is 6.55. The largest absolute Gasteiger partial charge is 0.0804 e. The van der Waals surface area contributed by atoms with Crippen molar-refractivity contribution < 1.29 is 0 Å². The van der Waals surface area contributed by atoms with Gasteiger partial charge in [-0.1, -0.05) is 81.3 Å². The second kappa shape index (κ2) is 5.09. The van der Waals surface area contributed by atoms with Crippen LogP contribution in [0.2, 0.25) is 0 Å². The van der Waals surface area contributed by atoms with Gasteiger partial charge < -0.3 is 0 Å². The van der Waals surface area contributed by atoms with E-state index in [1.165, 1.54) is 24.0 Å². The van der Waals surface area contributed by atoms with Crippen molar-refractivity contribution in [1.82, 2.24) is 0 Å². The maximum Gasteiger partial charge on any atom is 0.0119 e. The molecule has 0 radical (unpaired) electrons. The first-order chi connectivity index (χ1) is 9.64. The summed E-state index contributed by atoms with van der Waals surface area (Å²) in [4.78, 5) is 0. The molecule has 1 atom stereocenters. The van der Waals surface area contributed by atoms with Gasteiger partial charge in [0.2, 0.25) is 0 Å². The Balaban J connectivity index is 2.02. The molecule has 104 valence electrons. The van der Waals surface area contributed by atoms with Gasteiger partial charge in [0.25, 0.3) is 0 Å². The van der Waals surface area contributed by atoms with Gasteiger partial charge in [0, 0.05) is 5.92 Å². The Hall–Kier alpha value is -1.56. The number of allylic oxidation sites excluding steroid dienone is 6. The number of hydrogen-bond donors (Lipinski definition) is 0. The summed E-state index contributed by atoms with van der Waals surface area (Å²) < 4.78 is 0. The molecule has 0 bridgehead atoms. The predicted molar refractivity (Wildman–Crippen MR) is 87.7 cm³/mol. The Labute approximate surface area is 122 Å². The third-order valence-electron chi connectivity index (χ3n) is 4.91. The highest BCUT2D eigenvalue weighted by atomic mass is 14.4.